The second-order valence-electron chi connectivity index (χ2n) is 4.94. The fourth-order valence-electron chi connectivity index (χ4n) is 2.35. The van der Waals surface area contributed by atoms with E-state index in [1.807, 2.05) is 30.3 Å². The van der Waals surface area contributed by atoms with Crippen LogP contribution in [0.5, 0.6) is 0 Å². The van der Waals surface area contributed by atoms with Crippen LogP contribution in [0.3, 0.4) is 0 Å². The Bertz CT molecular complexity index is 404. The van der Waals surface area contributed by atoms with Crippen LogP contribution in [0.1, 0.15) is 18.4 Å². The number of hydrogen-bond donors (Lipinski definition) is 2. The first-order valence-corrected chi connectivity index (χ1v) is 6.95. The van der Waals surface area contributed by atoms with Crippen LogP contribution < -0.4 is 5.32 Å². The first kappa shape index (κ1) is 14.8. The molecule has 5 nitrogen and oxygen atoms in total. The summed E-state index contributed by atoms with van der Waals surface area (Å²) < 4.78 is 10.4. The van der Waals surface area contributed by atoms with Crippen molar-refractivity contribution in [1.82, 2.24) is 5.32 Å². The molecular weight excluding hydrogens is 258 g/mol. The molecule has 1 fully saturated rings. The van der Waals surface area contributed by atoms with Crippen molar-refractivity contribution in [3.63, 3.8) is 0 Å². The van der Waals surface area contributed by atoms with Gasteiger partial charge in [0, 0.05) is 13.2 Å². The zero-order chi connectivity index (χ0) is 14.2. The Hall–Kier alpha value is -1.59. The number of aliphatic hydroxyl groups is 1. The topological polar surface area (TPSA) is 67.8 Å². The number of hydrogen-bond acceptors (Lipinski definition) is 4. The Morgan fingerprint density at radius 2 is 2.05 bits per heavy atom. The summed E-state index contributed by atoms with van der Waals surface area (Å²) in [7, 11) is 0. The number of amides is 1. The van der Waals surface area contributed by atoms with E-state index < -0.39 is 6.09 Å². The largest absolute Gasteiger partial charge is 0.445 e. The van der Waals surface area contributed by atoms with Crippen LogP contribution in [0.25, 0.3) is 0 Å². The maximum absolute atomic E-state index is 11.8. The summed E-state index contributed by atoms with van der Waals surface area (Å²) in [5.41, 5.74) is 0.939. The van der Waals surface area contributed by atoms with Gasteiger partial charge in [0.05, 0.1) is 12.6 Å². The van der Waals surface area contributed by atoms with Crippen LogP contribution in [0.2, 0.25) is 0 Å². The summed E-state index contributed by atoms with van der Waals surface area (Å²) in [6.07, 6.45) is 1.22. The highest BCUT2D eigenvalue weighted by Gasteiger charge is 2.25. The van der Waals surface area contributed by atoms with Crippen molar-refractivity contribution in [3.8, 4) is 0 Å². The number of nitrogens with one attached hydrogen (secondary N) is 1. The molecule has 5 heteroatoms. The summed E-state index contributed by atoms with van der Waals surface area (Å²) in [5.74, 6) is 0.248. The summed E-state index contributed by atoms with van der Waals surface area (Å²) in [4.78, 5) is 11.8. The van der Waals surface area contributed by atoms with E-state index in [2.05, 4.69) is 5.32 Å². The van der Waals surface area contributed by atoms with Crippen LogP contribution in [0, 0.1) is 5.92 Å². The van der Waals surface area contributed by atoms with E-state index in [4.69, 9.17) is 9.47 Å². The minimum Gasteiger partial charge on any atom is -0.445 e. The van der Waals surface area contributed by atoms with E-state index in [9.17, 15) is 9.90 Å². The third-order valence-electron chi connectivity index (χ3n) is 3.55. The number of benzene rings is 1. The normalized spacial score (nSPS) is 17.4. The van der Waals surface area contributed by atoms with Gasteiger partial charge in [-0.1, -0.05) is 30.3 Å². The number of aliphatic hydroxyl groups excluding tert-OH is 1. The molecule has 1 heterocycles. The number of carbonyl (C=O) groups excluding carboxylic acids is 1. The predicted octanol–water partition coefficient (Wildman–Crippen LogP) is 1.70. The Balaban J connectivity index is 1.77. The maximum Gasteiger partial charge on any atom is 0.407 e. The van der Waals surface area contributed by atoms with Crippen molar-refractivity contribution in [3.05, 3.63) is 35.9 Å². The summed E-state index contributed by atoms with van der Waals surface area (Å²) in [6.45, 7) is 1.52. The lowest BCUT2D eigenvalue weighted by Crippen LogP contribution is -2.44. The van der Waals surface area contributed by atoms with Crippen LogP contribution in [-0.4, -0.2) is 37.1 Å². The first-order valence-electron chi connectivity index (χ1n) is 6.95. The molecule has 0 radical (unpaired) electrons. The molecular formula is C15H21NO4. The molecule has 1 amide bonds. The number of rotatable bonds is 5. The van der Waals surface area contributed by atoms with Gasteiger partial charge in [-0.05, 0) is 24.3 Å². The van der Waals surface area contributed by atoms with E-state index in [1.54, 1.807) is 0 Å². The maximum atomic E-state index is 11.8. The number of ether oxygens (including phenoxy) is 2. The molecule has 2 N–H and O–H groups in total. The highest BCUT2D eigenvalue weighted by molar-refractivity contribution is 5.67. The lowest BCUT2D eigenvalue weighted by molar-refractivity contribution is 0.0415. The summed E-state index contributed by atoms with van der Waals surface area (Å²) >= 11 is 0. The van der Waals surface area contributed by atoms with Crippen molar-refractivity contribution in [1.29, 1.82) is 0 Å². The average molecular weight is 279 g/mol. The van der Waals surface area contributed by atoms with Gasteiger partial charge in [0.15, 0.2) is 0 Å². The molecule has 1 saturated heterocycles. The second-order valence-corrected chi connectivity index (χ2v) is 4.94. The molecule has 1 aliphatic rings. The average Bonchev–Trinajstić information content (AvgIpc) is 2.52. The molecule has 20 heavy (non-hydrogen) atoms. The molecule has 0 aromatic heterocycles. The zero-order valence-corrected chi connectivity index (χ0v) is 11.5. The molecule has 0 saturated carbocycles. The monoisotopic (exact) mass is 279 g/mol. The van der Waals surface area contributed by atoms with Crippen molar-refractivity contribution in [2.24, 2.45) is 5.92 Å². The fraction of sp³-hybridized carbons (Fsp3) is 0.533. The van der Waals surface area contributed by atoms with E-state index in [-0.39, 0.29) is 25.2 Å². The summed E-state index contributed by atoms with van der Waals surface area (Å²) in [5, 5.41) is 12.1. The van der Waals surface area contributed by atoms with E-state index in [0.717, 1.165) is 18.4 Å². The van der Waals surface area contributed by atoms with Crippen molar-refractivity contribution >= 4 is 6.09 Å². The molecule has 110 valence electrons. The van der Waals surface area contributed by atoms with Gasteiger partial charge in [-0.2, -0.15) is 0 Å². The molecule has 1 aliphatic heterocycles. The lowest BCUT2D eigenvalue weighted by Gasteiger charge is -2.29. The van der Waals surface area contributed by atoms with Crippen molar-refractivity contribution < 1.29 is 19.4 Å². The third kappa shape index (κ3) is 4.51. The van der Waals surface area contributed by atoms with E-state index >= 15 is 0 Å². The van der Waals surface area contributed by atoms with Gasteiger partial charge in [-0.15, -0.1) is 0 Å². The molecule has 2 rings (SSSR count). The van der Waals surface area contributed by atoms with Gasteiger partial charge in [0.25, 0.3) is 0 Å². The van der Waals surface area contributed by atoms with Crippen LogP contribution in [-0.2, 0) is 16.1 Å². The molecule has 1 atom stereocenters. The van der Waals surface area contributed by atoms with E-state index in [0.29, 0.717) is 13.2 Å². The Kier molecular flexibility index (Phi) is 5.83. The predicted molar refractivity (Wildman–Crippen MR) is 74.2 cm³/mol. The van der Waals surface area contributed by atoms with Gasteiger partial charge in [-0.3, -0.25) is 0 Å². The molecule has 0 unspecified atom stereocenters. The molecule has 0 aliphatic carbocycles. The standard InChI is InChI=1S/C15H21NO4/c17-10-14(13-6-8-19-9-7-13)16-15(18)20-11-12-4-2-1-3-5-12/h1-5,13-14,17H,6-11H2,(H,16,18)/t14-/m1/s1. The highest BCUT2D eigenvalue weighted by Crippen LogP contribution is 2.18. The van der Waals surface area contributed by atoms with E-state index in [1.165, 1.54) is 0 Å². The molecule has 1 aromatic rings. The van der Waals surface area contributed by atoms with Gasteiger partial charge in [0.2, 0.25) is 0 Å². The van der Waals surface area contributed by atoms with Gasteiger partial charge in [-0.25, -0.2) is 4.79 Å². The van der Waals surface area contributed by atoms with Crippen LogP contribution in [0.4, 0.5) is 4.79 Å². The quantitative estimate of drug-likeness (QED) is 0.861. The molecule has 1 aromatic carbocycles. The Morgan fingerprint density at radius 1 is 1.35 bits per heavy atom. The number of alkyl carbamates (subject to hydrolysis) is 1. The van der Waals surface area contributed by atoms with Gasteiger partial charge >= 0.3 is 6.09 Å². The smallest absolute Gasteiger partial charge is 0.407 e. The fourth-order valence-corrected chi connectivity index (χ4v) is 2.35. The lowest BCUT2D eigenvalue weighted by atomic mass is 9.92. The van der Waals surface area contributed by atoms with Crippen molar-refractivity contribution in [2.75, 3.05) is 19.8 Å². The minimum atomic E-state index is -0.487. The Morgan fingerprint density at radius 3 is 2.70 bits per heavy atom. The molecule has 0 spiro atoms. The minimum absolute atomic E-state index is 0.0783. The number of carbonyl (C=O) groups is 1. The molecule has 0 bridgehead atoms. The van der Waals surface area contributed by atoms with Gasteiger partial charge < -0.3 is 19.9 Å². The first-order chi connectivity index (χ1) is 9.79. The van der Waals surface area contributed by atoms with Gasteiger partial charge in [0.1, 0.15) is 6.61 Å². The summed E-state index contributed by atoms with van der Waals surface area (Å²) in [6, 6.07) is 9.24. The van der Waals surface area contributed by atoms with Crippen LogP contribution >= 0.6 is 0 Å². The third-order valence-corrected chi connectivity index (χ3v) is 3.55. The Labute approximate surface area is 118 Å². The van der Waals surface area contributed by atoms with Crippen LogP contribution in [0.15, 0.2) is 30.3 Å². The SMILES string of the molecule is O=C(N[C@H](CO)C1CCOCC1)OCc1ccccc1. The second kappa shape index (κ2) is 7.87. The zero-order valence-electron chi connectivity index (χ0n) is 11.5. The van der Waals surface area contributed by atoms with Crippen molar-refractivity contribution in [2.45, 2.75) is 25.5 Å². The highest BCUT2D eigenvalue weighted by atomic mass is 16.5.